The Balaban J connectivity index is 1.77. The number of amides is 1. The lowest BCUT2D eigenvalue weighted by atomic mass is 9.93. The molecule has 2 fully saturated rings. The molecule has 1 N–H and O–H groups in total. The summed E-state index contributed by atoms with van der Waals surface area (Å²) in [4.78, 5) is 15.1. The van der Waals surface area contributed by atoms with Crippen LogP contribution in [0.15, 0.2) is 18.2 Å². The molecule has 1 aliphatic carbocycles. The Morgan fingerprint density at radius 3 is 2.86 bits per heavy atom. The maximum Gasteiger partial charge on any atom is 0.233 e. The van der Waals surface area contributed by atoms with Gasteiger partial charge in [0, 0.05) is 13.1 Å². The molecule has 1 amide bonds. The van der Waals surface area contributed by atoms with Gasteiger partial charge in [0.25, 0.3) is 0 Å². The first-order chi connectivity index (χ1) is 10.6. The Bertz CT molecular complexity index is 566. The second kappa shape index (κ2) is 5.92. The Hall–Kier alpha value is -1.55. The van der Waals surface area contributed by atoms with Crippen LogP contribution in [0.4, 0.5) is 0 Å². The highest BCUT2D eigenvalue weighted by molar-refractivity contribution is 5.91. The molecule has 1 aromatic carbocycles. The van der Waals surface area contributed by atoms with Gasteiger partial charge in [0.1, 0.15) is 5.75 Å². The van der Waals surface area contributed by atoms with Crippen LogP contribution >= 0.6 is 0 Å². The number of carbonyl (C=O) groups is 1. The predicted molar refractivity (Wildman–Crippen MR) is 87.3 cm³/mol. The van der Waals surface area contributed by atoms with E-state index in [0.29, 0.717) is 11.8 Å². The third-order valence-corrected chi connectivity index (χ3v) is 5.19. The molecule has 1 aromatic rings. The number of rotatable bonds is 5. The second-order valence-electron chi connectivity index (χ2n) is 6.73. The zero-order valence-electron chi connectivity index (χ0n) is 13.8. The summed E-state index contributed by atoms with van der Waals surface area (Å²) in [6.07, 6.45) is 3.04. The molecule has 3 rings (SSSR count). The summed E-state index contributed by atoms with van der Waals surface area (Å²) in [5.74, 6) is 1.79. The molecule has 1 saturated carbocycles. The molecule has 4 heteroatoms. The highest BCUT2D eigenvalue weighted by Gasteiger charge is 2.53. The van der Waals surface area contributed by atoms with Crippen molar-refractivity contribution in [2.75, 3.05) is 33.8 Å². The number of methoxy groups -OCH3 is 1. The molecule has 1 saturated heterocycles. The molecule has 1 heterocycles. The lowest BCUT2D eigenvalue weighted by Gasteiger charge is -2.24. The highest BCUT2D eigenvalue weighted by atomic mass is 16.5. The van der Waals surface area contributed by atoms with Gasteiger partial charge in [0.15, 0.2) is 0 Å². The molecule has 1 aliphatic heterocycles. The summed E-state index contributed by atoms with van der Waals surface area (Å²) in [5.41, 5.74) is 1.96. The van der Waals surface area contributed by atoms with E-state index in [-0.39, 0.29) is 5.41 Å². The van der Waals surface area contributed by atoms with Crippen molar-refractivity contribution in [3.05, 3.63) is 29.3 Å². The van der Waals surface area contributed by atoms with Crippen molar-refractivity contribution in [1.29, 1.82) is 0 Å². The molecule has 22 heavy (non-hydrogen) atoms. The standard InChI is InChI=1S/C18H26N2O2/c1-13-4-5-15(10-16(13)22-3)18(7-8-18)17(21)20-9-6-14(12-20)11-19-2/h4-5,10,14,19H,6-9,11-12H2,1-3H3/t14-/m0/s1. The number of hydrogen-bond donors (Lipinski definition) is 1. The van der Waals surface area contributed by atoms with Gasteiger partial charge in [-0.1, -0.05) is 12.1 Å². The Kier molecular flexibility index (Phi) is 4.13. The molecule has 4 nitrogen and oxygen atoms in total. The van der Waals surface area contributed by atoms with Crippen molar-refractivity contribution >= 4 is 5.91 Å². The summed E-state index contributed by atoms with van der Waals surface area (Å²) in [7, 11) is 3.67. The fourth-order valence-corrected chi connectivity index (χ4v) is 3.64. The molecule has 120 valence electrons. The smallest absolute Gasteiger partial charge is 0.233 e. The fraction of sp³-hybridized carbons (Fsp3) is 0.611. The lowest BCUT2D eigenvalue weighted by Crippen LogP contribution is -2.38. The number of nitrogens with one attached hydrogen (secondary N) is 1. The van der Waals surface area contributed by atoms with Gasteiger partial charge >= 0.3 is 0 Å². The van der Waals surface area contributed by atoms with E-state index >= 15 is 0 Å². The minimum Gasteiger partial charge on any atom is -0.496 e. The van der Waals surface area contributed by atoms with Crippen LogP contribution in [0.1, 0.15) is 30.4 Å². The van der Waals surface area contributed by atoms with Crippen molar-refractivity contribution in [2.24, 2.45) is 5.92 Å². The average molecular weight is 302 g/mol. The number of benzene rings is 1. The summed E-state index contributed by atoms with van der Waals surface area (Å²) < 4.78 is 5.43. The zero-order valence-corrected chi connectivity index (χ0v) is 13.8. The quantitative estimate of drug-likeness (QED) is 0.906. The molecule has 0 bridgehead atoms. The normalized spacial score (nSPS) is 22.7. The third-order valence-electron chi connectivity index (χ3n) is 5.19. The van der Waals surface area contributed by atoms with E-state index in [1.165, 1.54) is 0 Å². The van der Waals surface area contributed by atoms with E-state index in [1.54, 1.807) is 7.11 Å². The number of carbonyl (C=O) groups excluding carboxylic acids is 1. The van der Waals surface area contributed by atoms with Crippen molar-refractivity contribution in [3.8, 4) is 5.75 Å². The van der Waals surface area contributed by atoms with Gasteiger partial charge < -0.3 is 15.0 Å². The maximum absolute atomic E-state index is 13.0. The summed E-state index contributed by atoms with van der Waals surface area (Å²) in [6.45, 7) is 4.82. The SMILES string of the molecule is CNC[C@@H]1CCN(C(=O)C2(c3ccc(C)c(OC)c3)CC2)C1. The first-order valence-corrected chi connectivity index (χ1v) is 8.20. The molecule has 0 spiro atoms. The van der Waals surface area contributed by atoms with Crippen molar-refractivity contribution in [3.63, 3.8) is 0 Å². The van der Waals surface area contributed by atoms with E-state index in [1.807, 2.05) is 14.0 Å². The van der Waals surface area contributed by atoms with Gasteiger partial charge in [-0.25, -0.2) is 0 Å². The van der Waals surface area contributed by atoms with Crippen molar-refractivity contribution in [1.82, 2.24) is 10.2 Å². The van der Waals surface area contributed by atoms with Crippen LogP contribution in [0.25, 0.3) is 0 Å². The molecule has 2 aliphatic rings. The molecular weight excluding hydrogens is 276 g/mol. The van der Waals surface area contributed by atoms with Crippen molar-refractivity contribution in [2.45, 2.75) is 31.6 Å². The molecular formula is C18H26N2O2. The van der Waals surface area contributed by atoms with Crippen LogP contribution in [0.3, 0.4) is 0 Å². The van der Waals surface area contributed by atoms with Crippen LogP contribution in [-0.2, 0) is 10.2 Å². The zero-order chi connectivity index (χ0) is 15.7. The van der Waals surface area contributed by atoms with Gasteiger partial charge in [-0.15, -0.1) is 0 Å². The van der Waals surface area contributed by atoms with Gasteiger partial charge in [0.2, 0.25) is 5.91 Å². The van der Waals surface area contributed by atoms with E-state index in [0.717, 1.165) is 55.8 Å². The maximum atomic E-state index is 13.0. The first kappa shape index (κ1) is 15.3. The topological polar surface area (TPSA) is 41.6 Å². The molecule has 0 radical (unpaired) electrons. The van der Waals surface area contributed by atoms with Gasteiger partial charge in [-0.05, 0) is 62.9 Å². The van der Waals surface area contributed by atoms with E-state index in [4.69, 9.17) is 4.74 Å². The van der Waals surface area contributed by atoms with Crippen LogP contribution < -0.4 is 10.1 Å². The number of nitrogens with zero attached hydrogens (tertiary/aromatic N) is 1. The first-order valence-electron chi connectivity index (χ1n) is 8.20. The van der Waals surface area contributed by atoms with E-state index in [9.17, 15) is 4.79 Å². The van der Waals surface area contributed by atoms with Gasteiger partial charge in [0.05, 0.1) is 12.5 Å². The molecule has 1 atom stereocenters. The molecule has 0 aromatic heterocycles. The van der Waals surface area contributed by atoms with Gasteiger partial charge in [-0.3, -0.25) is 4.79 Å². The van der Waals surface area contributed by atoms with Crippen LogP contribution in [0.2, 0.25) is 0 Å². The Labute approximate surface area is 132 Å². The minimum atomic E-state index is -0.282. The highest BCUT2D eigenvalue weighted by Crippen LogP contribution is 2.51. The lowest BCUT2D eigenvalue weighted by molar-refractivity contribution is -0.133. The summed E-state index contributed by atoms with van der Waals surface area (Å²) in [5, 5.41) is 3.22. The van der Waals surface area contributed by atoms with Crippen LogP contribution in [0, 0.1) is 12.8 Å². The largest absolute Gasteiger partial charge is 0.496 e. The minimum absolute atomic E-state index is 0.282. The molecule has 0 unspecified atom stereocenters. The monoisotopic (exact) mass is 302 g/mol. The van der Waals surface area contributed by atoms with Crippen LogP contribution in [0.5, 0.6) is 5.75 Å². The number of hydrogen-bond acceptors (Lipinski definition) is 3. The third kappa shape index (κ3) is 2.60. The van der Waals surface area contributed by atoms with E-state index < -0.39 is 0 Å². The number of aryl methyl sites for hydroxylation is 1. The van der Waals surface area contributed by atoms with Crippen LogP contribution in [-0.4, -0.2) is 44.6 Å². The Morgan fingerprint density at radius 1 is 1.45 bits per heavy atom. The summed E-state index contributed by atoms with van der Waals surface area (Å²) in [6, 6.07) is 6.22. The fourth-order valence-electron chi connectivity index (χ4n) is 3.64. The number of ether oxygens (including phenoxy) is 1. The summed E-state index contributed by atoms with van der Waals surface area (Å²) >= 11 is 0. The van der Waals surface area contributed by atoms with Crippen molar-refractivity contribution < 1.29 is 9.53 Å². The second-order valence-corrected chi connectivity index (χ2v) is 6.73. The van der Waals surface area contributed by atoms with Gasteiger partial charge in [-0.2, -0.15) is 0 Å². The predicted octanol–water partition coefficient (Wildman–Crippen LogP) is 2.10. The van der Waals surface area contributed by atoms with E-state index in [2.05, 4.69) is 28.4 Å². The average Bonchev–Trinajstić information content (AvgIpc) is 3.21. The number of likely N-dealkylation sites (tertiary alicyclic amines) is 1. The Morgan fingerprint density at radius 2 is 2.23 bits per heavy atom.